The maximum absolute atomic E-state index is 11.1. The zero-order chi connectivity index (χ0) is 8.43. The highest BCUT2D eigenvalue weighted by Gasteiger charge is 2.30. The molecule has 64 valence electrons. The first-order valence-electron chi connectivity index (χ1n) is 3.93. The van der Waals surface area contributed by atoms with Gasteiger partial charge in [0.05, 0.1) is 12.5 Å². The molecule has 0 aromatic carbocycles. The fraction of sp³-hybridized carbons (Fsp3) is 0.875. The Hall–Kier alpha value is -0.570. The predicted molar refractivity (Wildman–Crippen MR) is 39.8 cm³/mol. The van der Waals surface area contributed by atoms with E-state index in [1.807, 2.05) is 13.8 Å². The Morgan fingerprint density at radius 1 is 1.55 bits per heavy atom. The lowest BCUT2D eigenvalue weighted by Gasteiger charge is -2.28. The molecule has 0 radical (unpaired) electrons. The Bertz CT molecular complexity index is 153. The lowest BCUT2D eigenvalue weighted by atomic mass is 9.96. The van der Waals surface area contributed by atoms with Crippen molar-refractivity contribution in [2.45, 2.75) is 27.1 Å². The van der Waals surface area contributed by atoms with Crippen LogP contribution in [0.4, 0.5) is 0 Å². The Morgan fingerprint density at radius 2 is 2.18 bits per heavy atom. The van der Waals surface area contributed by atoms with Crippen LogP contribution in [0.3, 0.4) is 0 Å². The average Bonchev–Trinajstić information content (AvgIpc) is 1.85. The minimum atomic E-state index is -0.363. The van der Waals surface area contributed by atoms with E-state index in [0.29, 0.717) is 12.5 Å². The third kappa shape index (κ3) is 1.93. The lowest BCUT2D eigenvalue weighted by Crippen LogP contribution is -2.37. The smallest absolute Gasteiger partial charge is 0.313 e. The third-order valence-electron chi connectivity index (χ3n) is 1.90. The molecule has 1 heterocycles. The van der Waals surface area contributed by atoms with Gasteiger partial charge in [-0.15, -0.1) is 0 Å². The van der Waals surface area contributed by atoms with Crippen LogP contribution in [0, 0.1) is 11.8 Å². The zero-order valence-corrected chi connectivity index (χ0v) is 7.16. The van der Waals surface area contributed by atoms with Gasteiger partial charge in [-0.2, -0.15) is 0 Å². The van der Waals surface area contributed by atoms with Crippen molar-refractivity contribution in [3.05, 3.63) is 0 Å². The fourth-order valence-corrected chi connectivity index (χ4v) is 1.06. The summed E-state index contributed by atoms with van der Waals surface area (Å²) in [5.74, 6) is 0.0972. The molecule has 0 aromatic heterocycles. The van der Waals surface area contributed by atoms with Crippen LogP contribution in [-0.4, -0.2) is 18.9 Å². The van der Waals surface area contributed by atoms with E-state index in [0.717, 1.165) is 0 Å². The fourth-order valence-electron chi connectivity index (χ4n) is 1.06. The molecule has 1 rings (SSSR count). The monoisotopic (exact) mass is 158 g/mol. The van der Waals surface area contributed by atoms with Crippen molar-refractivity contribution in [1.29, 1.82) is 0 Å². The molecule has 0 saturated carbocycles. The number of hydrogen-bond acceptors (Lipinski definition) is 3. The predicted octanol–water partition coefficient (Wildman–Crippen LogP) is 1.18. The van der Waals surface area contributed by atoms with Crippen molar-refractivity contribution in [2.75, 3.05) is 6.61 Å². The highest BCUT2D eigenvalue weighted by atomic mass is 16.7. The van der Waals surface area contributed by atoms with Crippen LogP contribution in [0.5, 0.6) is 0 Å². The second kappa shape index (κ2) is 3.22. The highest BCUT2D eigenvalue weighted by Crippen LogP contribution is 2.19. The maximum Gasteiger partial charge on any atom is 0.313 e. The molecule has 3 heteroatoms. The van der Waals surface area contributed by atoms with Crippen molar-refractivity contribution in [3.63, 3.8) is 0 Å². The maximum atomic E-state index is 11.1. The molecular formula is C8H14O3. The first-order valence-corrected chi connectivity index (χ1v) is 3.93. The largest absolute Gasteiger partial charge is 0.436 e. The minimum absolute atomic E-state index is 0.0776. The van der Waals surface area contributed by atoms with E-state index in [-0.39, 0.29) is 18.2 Å². The number of ether oxygens (including phenoxy) is 2. The number of carbonyl (C=O) groups excluding carboxylic acids is 1. The summed E-state index contributed by atoms with van der Waals surface area (Å²) in [6.07, 6.45) is -0.363. The zero-order valence-electron chi connectivity index (χ0n) is 7.16. The summed E-state index contributed by atoms with van der Waals surface area (Å²) >= 11 is 0. The molecule has 1 saturated heterocycles. The first-order chi connectivity index (χ1) is 5.11. The van der Waals surface area contributed by atoms with Gasteiger partial charge in [0.1, 0.15) is 0 Å². The summed E-state index contributed by atoms with van der Waals surface area (Å²) < 4.78 is 10.1. The highest BCUT2D eigenvalue weighted by molar-refractivity contribution is 5.73. The van der Waals surface area contributed by atoms with Gasteiger partial charge in [-0.3, -0.25) is 4.79 Å². The van der Waals surface area contributed by atoms with Crippen molar-refractivity contribution < 1.29 is 14.3 Å². The average molecular weight is 158 g/mol. The molecule has 2 atom stereocenters. The van der Waals surface area contributed by atoms with E-state index in [1.165, 1.54) is 0 Å². The van der Waals surface area contributed by atoms with Gasteiger partial charge >= 0.3 is 5.97 Å². The van der Waals surface area contributed by atoms with Crippen LogP contribution in [-0.2, 0) is 14.3 Å². The number of esters is 1. The molecule has 3 nitrogen and oxygen atoms in total. The Kier molecular flexibility index (Phi) is 2.49. The standard InChI is InChI=1S/C8H14O3/c1-5(2)7-4-10-6(3)11-8(7)9/h5-7H,4H2,1-3H3. The molecule has 1 aliphatic heterocycles. The molecule has 0 aliphatic carbocycles. The van der Waals surface area contributed by atoms with E-state index in [2.05, 4.69) is 0 Å². The van der Waals surface area contributed by atoms with Gasteiger partial charge in [0.2, 0.25) is 0 Å². The summed E-state index contributed by atoms with van der Waals surface area (Å²) in [5, 5.41) is 0. The van der Waals surface area contributed by atoms with Crippen molar-refractivity contribution in [2.24, 2.45) is 11.8 Å². The lowest BCUT2D eigenvalue weighted by molar-refractivity contribution is -0.207. The molecule has 0 aromatic rings. The topological polar surface area (TPSA) is 35.5 Å². The molecule has 0 bridgehead atoms. The Labute approximate surface area is 66.7 Å². The van der Waals surface area contributed by atoms with Gasteiger partial charge < -0.3 is 9.47 Å². The Balaban J connectivity index is 2.51. The quantitative estimate of drug-likeness (QED) is 0.537. The van der Waals surface area contributed by atoms with E-state index in [1.54, 1.807) is 6.92 Å². The molecule has 2 unspecified atom stereocenters. The molecule has 0 spiro atoms. The number of rotatable bonds is 1. The van der Waals surface area contributed by atoms with E-state index in [4.69, 9.17) is 9.47 Å². The van der Waals surface area contributed by atoms with Crippen LogP contribution in [0.1, 0.15) is 20.8 Å². The van der Waals surface area contributed by atoms with Crippen LogP contribution < -0.4 is 0 Å². The van der Waals surface area contributed by atoms with Gasteiger partial charge in [0.15, 0.2) is 6.29 Å². The molecule has 11 heavy (non-hydrogen) atoms. The third-order valence-corrected chi connectivity index (χ3v) is 1.90. The van der Waals surface area contributed by atoms with Crippen LogP contribution >= 0.6 is 0 Å². The van der Waals surface area contributed by atoms with Crippen LogP contribution in [0.15, 0.2) is 0 Å². The van der Waals surface area contributed by atoms with E-state index < -0.39 is 0 Å². The normalized spacial score (nSPS) is 32.2. The number of hydrogen-bond donors (Lipinski definition) is 0. The van der Waals surface area contributed by atoms with Gasteiger partial charge in [-0.05, 0) is 12.8 Å². The van der Waals surface area contributed by atoms with E-state index in [9.17, 15) is 4.79 Å². The summed E-state index contributed by atoms with van der Waals surface area (Å²) in [7, 11) is 0. The van der Waals surface area contributed by atoms with Gasteiger partial charge in [-0.1, -0.05) is 13.8 Å². The molecule has 0 amide bonds. The summed E-state index contributed by atoms with van der Waals surface area (Å²) in [4.78, 5) is 11.1. The molecular weight excluding hydrogens is 144 g/mol. The second-order valence-electron chi connectivity index (χ2n) is 3.19. The van der Waals surface area contributed by atoms with Crippen molar-refractivity contribution in [1.82, 2.24) is 0 Å². The molecule has 1 aliphatic rings. The van der Waals surface area contributed by atoms with Gasteiger partial charge in [-0.25, -0.2) is 0 Å². The van der Waals surface area contributed by atoms with Gasteiger partial charge in [0.25, 0.3) is 0 Å². The number of cyclic esters (lactones) is 1. The second-order valence-corrected chi connectivity index (χ2v) is 3.19. The minimum Gasteiger partial charge on any atom is -0.436 e. The Morgan fingerprint density at radius 3 is 2.64 bits per heavy atom. The van der Waals surface area contributed by atoms with Crippen LogP contribution in [0.2, 0.25) is 0 Å². The molecule has 1 fully saturated rings. The summed E-state index contributed by atoms with van der Waals surface area (Å²) in [5.41, 5.74) is 0. The van der Waals surface area contributed by atoms with Gasteiger partial charge in [0, 0.05) is 0 Å². The van der Waals surface area contributed by atoms with Crippen LogP contribution in [0.25, 0.3) is 0 Å². The van der Waals surface area contributed by atoms with Crippen molar-refractivity contribution in [3.8, 4) is 0 Å². The SMILES string of the molecule is CC1OCC(C(C)C)C(=O)O1. The van der Waals surface area contributed by atoms with Crippen molar-refractivity contribution >= 4 is 5.97 Å². The molecule has 0 N–H and O–H groups in total. The number of carbonyl (C=O) groups is 1. The summed E-state index contributed by atoms with van der Waals surface area (Å²) in [6, 6.07) is 0. The first kappa shape index (κ1) is 8.53. The van der Waals surface area contributed by atoms with E-state index >= 15 is 0 Å². The summed E-state index contributed by atoms with van der Waals surface area (Å²) in [6.45, 7) is 6.21.